The zero-order chi connectivity index (χ0) is 17.3. The van der Waals surface area contributed by atoms with Crippen LogP contribution in [0.25, 0.3) is 0 Å². The van der Waals surface area contributed by atoms with Crippen molar-refractivity contribution in [3.63, 3.8) is 0 Å². The average molecular weight is 346 g/mol. The molecule has 4 nitrogen and oxygen atoms in total. The third kappa shape index (κ3) is 3.20. The van der Waals surface area contributed by atoms with E-state index in [2.05, 4.69) is 24.3 Å². The van der Waals surface area contributed by atoms with Gasteiger partial charge in [-0.2, -0.15) is 5.10 Å². The average Bonchev–Trinajstić information content (AvgIpc) is 3.28. The standard InChI is InChI=1S/C19H24ClN3O/c1-4-19(5-2,14-6-8-15(20)9-7-14)22-18(24)17-10-16(17)13-11-21-23(3)12-13/h6-9,11-12,16-17H,4-5,10H2,1-3H3,(H,22,24)/t16-,17-/m1/s1. The molecule has 0 bridgehead atoms. The monoisotopic (exact) mass is 345 g/mol. The minimum absolute atomic E-state index is 0.0546. The maximum absolute atomic E-state index is 12.8. The summed E-state index contributed by atoms with van der Waals surface area (Å²) in [5.41, 5.74) is 1.94. The lowest BCUT2D eigenvalue weighted by atomic mass is 9.84. The second-order valence-corrected chi connectivity index (χ2v) is 7.12. The minimum atomic E-state index is -0.330. The van der Waals surface area contributed by atoms with Gasteiger partial charge < -0.3 is 5.32 Å². The van der Waals surface area contributed by atoms with E-state index in [1.807, 2.05) is 43.7 Å². The second-order valence-electron chi connectivity index (χ2n) is 6.68. The van der Waals surface area contributed by atoms with Crippen molar-refractivity contribution in [3.05, 3.63) is 52.8 Å². The van der Waals surface area contributed by atoms with Gasteiger partial charge in [-0.25, -0.2) is 0 Å². The predicted octanol–water partition coefficient (Wildman–Crippen LogP) is 4.01. The first-order valence-electron chi connectivity index (χ1n) is 8.55. The molecule has 1 aromatic heterocycles. The van der Waals surface area contributed by atoms with Crippen LogP contribution in [0.5, 0.6) is 0 Å². The molecule has 1 aliphatic rings. The lowest BCUT2D eigenvalue weighted by molar-refractivity contribution is -0.124. The van der Waals surface area contributed by atoms with Crippen LogP contribution in [0, 0.1) is 5.92 Å². The van der Waals surface area contributed by atoms with Gasteiger partial charge in [0.15, 0.2) is 0 Å². The first-order chi connectivity index (χ1) is 11.5. The van der Waals surface area contributed by atoms with E-state index in [0.29, 0.717) is 10.9 Å². The summed E-state index contributed by atoms with van der Waals surface area (Å²) in [5.74, 6) is 0.497. The van der Waals surface area contributed by atoms with Crippen LogP contribution in [0.2, 0.25) is 5.02 Å². The van der Waals surface area contributed by atoms with Crippen molar-refractivity contribution in [2.75, 3.05) is 0 Å². The molecule has 0 radical (unpaired) electrons. The van der Waals surface area contributed by atoms with Crippen molar-refractivity contribution in [2.24, 2.45) is 13.0 Å². The Hall–Kier alpha value is -1.81. The Morgan fingerprint density at radius 2 is 2.00 bits per heavy atom. The Balaban J connectivity index is 1.74. The number of nitrogens with one attached hydrogen (secondary N) is 1. The van der Waals surface area contributed by atoms with E-state index in [1.165, 1.54) is 0 Å². The molecule has 24 heavy (non-hydrogen) atoms. The highest BCUT2D eigenvalue weighted by Gasteiger charge is 2.46. The van der Waals surface area contributed by atoms with Crippen molar-refractivity contribution >= 4 is 17.5 Å². The molecule has 0 aliphatic heterocycles. The molecule has 0 saturated heterocycles. The fraction of sp³-hybridized carbons (Fsp3) is 0.474. The van der Waals surface area contributed by atoms with Crippen molar-refractivity contribution in [1.82, 2.24) is 15.1 Å². The zero-order valence-electron chi connectivity index (χ0n) is 14.4. The number of aromatic nitrogens is 2. The summed E-state index contributed by atoms with van der Waals surface area (Å²) in [7, 11) is 1.90. The van der Waals surface area contributed by atoms with Crippen LogP contribution in [-0.2, 0) is 17.4 Å². The molecule has 1 amide bonds. The molecule has 1 heterocycles. The topological polar surface area (TPSA) is 46.9 Å². The minimum Gasteiger partial charge on any atom is -0.346 e. The van der Waals surface area contributed by atoms with Gasteiger partial charge in [-0.15, -0.1) is 0 Å². The summed E-state index contributed by atoms with van der Waals surface area (Å²) in [6, 6.07) is 7.81. The molecule has 5 heteroatoms. The van der Waals surface area contributed by atoms with Gasteiger partial charge in [-0.05, 0) is 48.4 Å². The van der Waals surface area contributed by atoms with Crippen LogP contribution in [-0.4, -0.2) is 15.7 Å². The Labute approximate surface area is 148 Å². The van der Waals surface area contributed by atoms with Gasteiger partial charge in [0, 0.05) is 24.2 Å². The third-order valence-corrected chi connectivity index (χ3v) is 5.50. The number of rotatable bonds is 6. The number of carbonyl (C=O) groups is 1. The molecule has 1 aliphatic carbocycles. The van der Waals surface area contributed by atoms with E-state index in [0.717, 1.165) is 30.4 Å². The Morgan fingerprint density at radius 3 is 2.54 bits per heavy atom. The number of amides is 1. The Bertz CT molecular complexity index is 718. The number of carbonyl (C=O) groups excluding carboxylic acids is 1. The summed E-state index contributed by atoms with van der Waals surface area (Å²) in [6.07, 6.45) is 6.47. The summed E-state index contributed by atoms with van der Waals surface area (Å²) < 4.78 is 1.79. The molecule has 0 spiro atoms. The molecule has 1 saturated carbocycles. The van der Waals surface area contributed by atoms with Crippen molar-refractivity contribution in [1.29, 1.82) is 0 Å². The number of hydrogen-bond acceptors (Lipinski definition) is 2. The maximum Gasteiger partial charge on any atom is 0.224 e. The molecule has 128 valence electrons. The van der Waals surface area contributed by atoms with Crippen molar-refractivity contribution in [3.8, 4) is 0 Å². The molecule has 0 unspecified atom stereocenters. The SMILES string of the molecule is CCC(CC)(NC(=O)[C@@H]1C[C@@H]1c1cnn(C)c1)c1ccc(Cl)cc1. The number of aryl methyl sites for hydroxylation is 1. The van der Waals surface area contributed by atoms with E-state index in [-0.39, 0.29) is 17.4 Å². The van der Waals surface area contributed by atoms with Gasteiger partial charge in [-0.1, -0.05) is 37.6 Å². The third-order valence-electron chi connectivity index (χ3n) is 5.25. The number of halogens is 1. The molecule has 3 rings (SSSR count). The van der Waals surface area contributed by atoms with Gasteiger partial charge in [0.2, 0.25) is 5.91 Å². The molecule has 1 aromatic carbocycles. The first-order valence-corrected chi connectivity index (χ1v) is 8.93. The van der Waals surface area contributed by atoms with E-state index in [1.54, 1.807) is 4.68 Å². The van der Waals surface area contributed by atoms with Crippen LogP contribution in [0.4, 0.5) is 0 Å². The normalized spacial score (nSPS) is 20.0. The fourth-order valence-electron chi connectivity index (χ4n) is 3.49. The molecule has 2 atom stereocenters. The van der Waals surface area contributed by atoms with E-state index in [9.17, 15) is 4.79 Å². The van der Waals surface area contributed by atoms with Gasteiger partial charge in [0.25, 0.3) is 0 Å². The highest BCUT2D eigenvalue weighted by atomic mass is 35.5. The van der Waals surface area contributed by atoms with Crippen LogP contribution in [0.3, 0.4) is 0 Å². The van der Waals surface area contributed by atoms with E-state index < -0.39 is 0 Å². The Kier molecular flexibility index (Phi) is 4.68. The van der Waals surface area contributed by atoms with Crippen LogP contribution in [0.1, 0.15) is 50.2 Å². The van der Waals surface area contributed by atoms with E-state index >= 15 is 0 Å². The number of benzene rings is 1. The molecular weight excluding hydrogens is 322 g/mol. The summed E-state index contributed by atoms with van der Waals surface area (Å²) >= 11 is 6.01. The van der Waals surface area contributed by atoms with E-state index in [4.69, 9.17) is 11.6 Å². The molecule has 1 fully saturated rings. The van der Waals surface area contributed by atoms with Gasteiger partial charge in [0.05, 0.1) is 11.7 Å². The van der Waals surface area contributed by atoms with Gasteiger partial charge in [0.1, 0.15) is 0 Å². The largest absolute Gasteiger partial charge is 0.346 e. The maximum atomic E-state index is 12.8. The lowest BCUT2D eigenvalue weighted by Crippen LogP contribution is -2.45. The highest BCUT2D eigenvalue weighted by Crippen LogP contribution is 2.48. The van der Waals surface area contributed by atoms with Gasteiger partial charge >= 0.3 is 0 Å². The van der Waals surface area contributed by atoms with Crippen molar-refractivity contribution in [2.45, 2.75) is 44.6 Å². The van der Waals surface area contributed by atoms with Crippen LogP contribution in [0.15, 0.2) is 36.7 Å². The smallest absolute Gasteiger partial charge is 0.224 e. The number of nitrogens with zero attached hydrogens (tertiary/aromatic N) is 2. The number of hydrogen-bond donors (Lipinski definition) is 1. The first kappa shape index (κ1) is 17.0. The summed E-state index contributed by atoms with van der Waals surface area (Å²) in [6.45, 7) is 4.23. The van der Waals surface area contributed by atoms with Crippen LogP contribution >= 0.6 is 11.6 Å². The lowest BCUT2D eigenvalue weighted by Gasteiger charge is -2.34. The highest BCUT2D eigenvalue weighted by molar-refractivity contribution is 6.30. The van der Waals surface area contributed by atoms with Crippen molar-refractivity contribution < 1.29 is 4.79 Å². The summed E-state index contributed by atoms with van der Waals surface area (Å²) in [5, 5.41) is 8.24. The summed E-state index contributed by atoms with van der Waals surface area (Å²) in [4.78, 5) is 12.8. The Morgan fingerprint density at radius 1 is 1.33 bits per heavy atom. The molecular formula is C19H24ClN3O. The molecule has 1 N–H and O–H groups in total. The predicted molar refractivity (Wildman–Crippen MR) is 95.9 cm³/mol. The second kappa shape index (κ2) is 6.60. The fourth-order valence-corrected chi connectivity index (χ4v) is 3.62. The van der Waals surface area contributed by atoms with Crippen LogP contribution < -0.4 is 5.32 Å². The zero-order valence-corrected chi connectivity index (χ0v) is 15.2. The quantitative estimate of drug-likeness (QED) is 0.859. The van der Waals surface area contributed by atoms with Gasteiger partial charge in [-0.3, -0.25) is 9.48 Å². The molecule has 2 aromatic rings.